The molecule has 0 spiro atoms. The van der Waals surface area contributed by atoms with Gasteiger partial charge in [0.1, 0.15) is 5.82 Å². The molecule has 0 bridgehead atoms. The number of aromatic nitrogens is 3. The average Bonchev–Trinajstić information content (AvgIpc) is 2.80. The number of aryl methyl sites for hydroxylation is 1. The number of hydrogen-bond donors (Lipinski definition) is 1. The van der Waals surface area contributed by atoms with Gasteiger partial charge in [-0.1, -0.05) is 29.8 Å². The lowest BCUT2D eigenvalue weighted by Gasteiger charge is -2.29. The molecule has 1 aliphatic heterocycles. The van der Waals surface area contributed by atoms with Crippen molar-refractivity contribution in [3.63, 3.8) is 0 Å². The van der Waals surface area contributed by atoms with Gasteiger partial charge < -0.3 is 4.90 Å². The summed E-state index contributed by atoms with van der Waals surface area (Å²) in [7, 11) is 2.13. The van der Waals surface area contributed by atoms with Gasteiger partial charge in [0.25, 0.3) is 0 Å². The van der Waals surface area contributed by atoms with Crippen LogP contribution >= 0.6 is 0 Å². The Morgan fingerprint density at radius 1 is 1.43 bits per heavy atom. The average molecular weight is 286 g/mol. The number of hydrogen-bond acceptors (Lipinski definition) is 3. The summed E-state index contributed by atoms with van der Waals surface area (Å²) in [6, 6.07) is 8.28. The molecule has 0 radical (unpaired) electrons. The monoisotopic (exact) mass is 286 g/mol. The maximum atomic E-state index is 12.1. The molecular weight excluding hydrogens is 264 g/mol. The zero-order chi connectivity index (χ0) is 14.8. The highest BCUT2D eigenvalue weighted by Crippen LogP contribution is 2.24. The van der Waals surface area contributed by atoms with Gasteiger partial charge in [-0.3, -0.25) is 4.57 Å². The summed E-state index contributed by atoms with van der Waals surface area (Å²) in [5.41, 5.74) is 2.24. The zero-order valence-corrected chi connectivity index (χ0v) is 12.7. The lowest BCUT2D eigenvalue weighted by Crippen LogP contribution is -2.33. The Bertz CT molecular complexity index is 673. The number of rotatable bonds is 3. The second-order valence-corrected chi connectivity index (χ2v) is 6.06. The normalized spacial score (nSPS) is 19.8. The Balaban J connectivity index is 1.88. The SMILES string of the molecule is Cc1cccc(Cn2c([C@@H]3CCCN(C)C3)n[nH]c2=O)c1. The molecule has 0 saturated carbocycles. The van der Waals surface area contributed by atoms with E-state index in [1.807, 2.05) is 6.07 Å². The van der Waals surface area contributed by atoms with Gasteiger partial charge in [0.2, 0.25) is 0 Å². The Labute approximate surface area is 124 Å². The zero-order valence-electron chi connectivity index (χ0n) is 12.7. The van der Waals surface area contributed by atoms with Gasteiger partial charge in [-0.25, -0.2) is 9.89 Å². The van der Waals surface area contributed by atoms with E-state index in [0.717, 1.165) is 37.3 Å². The van der Waals surface area contributed by atoms with Crippen LogP contribution in [0.2, 0.25) is 0 Å². The molecule has 3 rings (SSSR count). The van der Waals surface area contributed by atoms with E-state index in [4.69, 9.17) is 0 Å². The quantitative estimate of drug-likeness (QED) is 0.935. The topological polar surface area (TPSA) is 53.9 Å². The smallest absolute Gasteiger partial charge is 0.306 e. The minimum atomic E-state index is -0.111. The molecule has 1 aromatic heterocycles. The summed E-state index contributed by atoms with van der Waals surface area (Å²) in [6.45, 7) is 4.76. The van der Waals surface area contributed by atoms with Gasteiger partial charge in [0.05, 0.1) is 6.54 Å². The minimum absolute atomic E-state index is 0.111. The van der Waals surface area contributed by atoms with Gasteiger partial charge >= 0.3 is 5.69 Å². The molecule has 1 saturated heterocycles. The molecule has 1 atom stereocenters. The molecule has 0 amide bonds. The molecule has 2 heterocycles. The van der Waals surface area contributed by atoms with Crippen molar-refractivity contribution in [2.45, 2.75) is 32.2 Å². The van der Waals surface area contributed by atoms with Crippen LogP contribution in [0.4, 0.5) is 0 Å². The van der Waals surface area contributed by atoms with Gasteiger partial charge in [-0.2, -0.15) is 5.10 Å². The van der Waals surface area contributed by atoms with E-state index in [-0.39, 0.29) is 5.69 Å². The van der Waals surface area contributed by atoms with Crippen molar-refractivity contribution in [2.75, 3.05) is 20.1 Å². The van der Waals surface area contributed by atoms with Crippen LogP contribution in [-0.4, -0.2) is 39.8 Å². The number of H-pyrrole nitrogens is 1. The van der Waals surface area contributed by atoms with E-state index in [1.54, 1.807) is 4.57 Å². The molecule has 5 nitrogen and oxygen atoms in total. The summed E-state index contributed by atoms with van der Waals surface area (Å²) in [5.74, 6) is 1.24. The maximum absolute atomic E-state index is 12.1. The third-order valence-corrected chi connectivity index (χ3v) is 4.20. The Hall–Kier alpha value is -1.88. The Morgan fingerprint density at radius 2 is 2.29 bits per heavy atom. The molecule has 0 aliphatic carbocycles. The fraction of sp³-hybridized carbons (Fsp3) is 0.500. The van der Waals surface area contributed by atoms with Gasteiger partial charge in [-0.05, 0) is 38.9 Å². The number of likely N-dealkylation sites (N-methyl/N-ethyl adjacent to an activating group) is 1. The van der Waals surface area contributed by atoms with Crippen molar-refractivity contribution >= 4 is 0 Å². The number of piperidine rings is 1. The summed E-state index contributed by atoms with van der Waals surface area (Å²) < 4.78 is 1.79. The predicted octanol–water partition coefficient (Wildman–Crippen LogP) is 1.74. The number of aromatic amines is 1. The molecule has 5 heteroatoms. The Morgan fingerprint density at radius 3 is 3.05 bits per heavy atom. The van der Waals surface area contributed by atoms with Crippen molar-refractivity contribution in [3.05, 3.63) is 51.7 Å². The van der Waals surface area contributed by atoms with E-state index in [9.17, 15) is 4.79 Å². The molecule has 21 heavy (non-hydrogen) atoms. The van der Waals surface area contributed by atoms with Crippen LogP contribution < -0.4 is 5.69 Å². The molecule has 2 aromatic rings. The van der Waals surface area contributed by atoms with Crippen LogP contribution in [0.1, 0.15) is 35.7 Å². The van der Waals surface area contributed by atoms with Crippen LogP contribution in [0.15, 0.2) is 29.1 Å². The van der Waals surface area contributed by atoms with E-state index in [1.165, 1.54) is 5.56 Å². The van der Waals surface area contributed by atoms with Gasteiger partial charge in [0.15, 0.2) is 0 Å². The number of likely N-dealkylation sites (tertiary alicyclic amines) is 1. The summed E-state index contributed by atoms with van der Waals surface area (Å²) in [6.07, 6.45) is 2.26. The first-order chi connectivity index (χ1) is 10.1. The molecular formula is C16H22N4O. The van der Waals surface area contributed by atoms with Crippen LogP contribution in [0, 0.1) is 6.92 Å². The third kappa shape index (κ3) is 3.08. The first kappa shape index (κ1) is 14.1. The molecule has 1 fully saturated rings. The largest absolute Gasteiger partial charge is 0.343 e. The van der Waals surface area contributed by atoms with Crippen LogP contribution in [0.3, 0.4) is 0 Å². The number of nitrogens with one attached hydrogen (secondary N) is 1. The first-order valence-corrected chi connectivity index (χ1v) is 7.52. The highest BCUT2D eigenvalue weighted by atomic mass is 16.1. The summed E-state index contributed by atoms with van der Waals surface area (Å²) >= 11 is 0. The molecule has 1 aromatic carbocycles. The highest BCUT2D eigenvalue weighted by molar-refractivity contribution is 5.22. The maximum Gasteiger partial charge on any atom is 0.343 e. The van der Waals surface area contributed by atoms with Crippen LogP contribution in [-0.2, 0) is 6.54 Å². The van der Waals surface area contributed by atoms with Crippen molar-refractivity contribution in [3.8, 4) is 0 Å². The summed E-state index contributed by atoms with van der Waals surface area (Å²) in [4.78, 5) is 14.4. The van der Waals surface area contributed by atoms with Crippen molar-refractivity contribution in [1.82, 2.24) is 19.7 Å². The summed E-state index contributed by atoms with van der Waals surface area (Å²) in [5, 5.41) is 6.91. The van der Waals surface area contributed by atoms with E-state index in [2.05, 4.69) is 47.3 Å². The molecule has 1 aliphatic rings. The van der Waals surface area contributed by atoms with E-state index >= 15 is 0 Å². The lowest BCUT2D eigenvalue weighted by molar-refractivity contribution is 0.243. The van der Waals surface area contributed by atoms with Gasteiger partial charge in [0, 0.05) is 12.5 Å². The van der Waals surface area contributed by atoms with E-state index in [0.29, 0.717) is 12.5 Å². The molecule has 112 valence electrons. The second kappa shape index (κ2) is 5.85. The number of benzene rings is 1. The van der Waals surface area contributed by atoms with Crippen LogP contribution in [0.5, 0.6) is 0 Å². The second-order valence-electron chi connectivity index (χ2n) is 6.06. The standard InChI is InChI=1S/C16H22N4O/c1-12-5-3-6-13(9-12)10-20-15(17-18-16(20)21)14-7-4-8-19(2)11-14/h3,5-6,9,14H,4,7-8,10-11H2,1-2H3,(H,18,21)/t14-/m1/s1. The minimum Gasteiger partial charge on any atom is -0.306 e. The predicted molar refractivity (Wildman–Crippen MR) is 82.6 cm³/mol. The first-order valence-electron chi connectivity index (χ1n) is 7.52. The highest BCUT2D eigenvalue weighted by Gasteiger charge is 2.24. The lowest BCUT2D eigenvalue weighted by atomic mass is 9.97. The number of nitrogens with zero attached hydrogens (tertiary/aromatic N) is 3. The van der Waals surface area contributed by atoms with Crippen molar-refractivity contribution in [1.29, 1.82) is 0 Å². The van der Waals surface area contributed by atoms with E-state index < -0.39 is 0 Å². The third-order valence-electron chi connectivity index (χ3n) is 4.20. The van der Waals surface area contributed by atoms with Crippen molar-refractivity contribution in [2.24, 2.45) is 0 Å². The van der Waals surface area contributed by atoms with Crippen LogP contribution in [0.25, 0.3) is 0 Å². The van der Waals surface area contributed by atoms with Crippen molar-refractivity contribution < 1.29 is 0 Å². The molecule has 1 N–H and O–H groups in total. The van der Waals surface area contributed by atoms with Gasteiger partial charge in [-0.15, -0.1) is 0 Å². The molecule has 0 unspecified atom stereocenters. The Kier molecular flexibility index (Phi) is 3.92. The fourth-order valence-corrected chi connectivity index (χ4v) is 3.16. The fourth-order valence-electron chi connectivity index (χ4n) is 3.16.